The molecule has 0 aromatic carbocycles. The van der Waals surface area contributed by atoms with Crippen molar-refractivity contribution < 1.29 is 19.5 Å². The number of hydrogen-bond donors (Lipinski definition) is 5. The van der Waals surface area contributed by atoms with Gasteiger partial charge in [-0.15, -0.1) is 0 Å². The SMILES string of the molecule is C=Cc1c(C)c2cc3[nH]c(cc4nc(cc5nc(cc1[nH]2)C(C)=C5CCC(=O)O)C(CCC(=O)NCCNC(=O)CCCCC1CCSS1)=C4C)c(C)c3C=C. The molecule has 1 atom stereocenters. The van der Waals surface area contributed by atoms with Crippen LogP contribution < -0.4 is 10.6 Å². The summed E-state index contributed by atoms with van der Waals surface area (Å²) in [5.41, 5.74) is 14.1. The van der Waals surface area contributed by atoms with E-state index < -0.39 is 5.97 Å². The van der Waals surface area contributed by atoms with E-state index in [2.05, 4.69) is 53.7 Å². The van der Waals surface area contributed by atoms with Crippen LogP contribution >= 0.6 is 21.6 Å². The molecule has 12 heteroatoms. The Morgan fingerprint density at radius 2 is 1.29 bits per heavy atom. The Balaban J connectivity index is 1.29. The normalized spacial score (nSPS) is 15.3. The molecule has 1 unspecified atom stereocenters. The van der Waals surface area contributed by atoms with Crippen LogP contribution in [0, 0.1) is 13.8 Å². The van der Waals surface area contributed by atoms with Gasteiger partial charge in [0.1, 0.15) is 0 Å². The Morgan fingerprint density at radius 3 is 1.84 bits per heavy atom. The lowest BCUT2D eigenvalue weighted by molar-refractivity contribution is -0.136. The van der Waals surface area contributed by atoms with Crippen molar-refractivity contribution in [1.82, 2.24) is 30.6 Å². The van der Waals surface area contributed by atoms with Crippen molar-refractivity contribution in [3.05, 3.63) is 82.5 Å². The van der Waals surface area contributed by atoms with Crippen molar-refractivity contribution in [3.63, 3.8) is 0 Å². The highest BCUT2D eigenvalue weighted by Crippen LogP contribution is 2.40. The average Bonchev–Trinajstić information content (AvgIpc) is 3.97. The van der Waals surface area contributed by atoms with E-state index in [0.717, 1.165) is 96.1 Å². The van der Waals surface area contributed by atoms with Gasteiger partial charge in [0.05, 0.1) is 22.8 Å². The lowest BCUT2D eigenvalue weighted by Crippen LogP contribution is -2.34. The summed E-state index contributed by atoms with van der Waals surface area (Å²) >= 11 is 0. The first-order valence-electron chi connectivity index (χ1n) is 19.4. The number of aromatic nitrogens is 4. The van der Waals surface area contributed by atoms with Crippen molar-refractivity contribution >= 4 is 95.9 Å². The van der Waals surface area contributed by atoms with Gasteiger partial charge in [0.25, 0.3) is 0 Å². The van der Waals surface area contributed by atoms with Crippen LogP contribution in [0.15, 0.2) is 37.4 Å². The number of aryl methyl sites for hydroxylation is 2. The van der Waals surface area contributed by atoms with E-state index in [-0.39, 0.29) is 24.7 Å². The summed E-state index contributed by atoms with van der Waals surface area (Å²) < 4.78 is 0. The molecule has 56 heavy (non-hydrogen) atoms. The summed E-state index contributed by atoms with van der Waals surface area (Å²) in [5, 5.41) is 16.2. The second-order valence-corrected chi connectivity index (χ2v) is 17.4. The molecule has 3 aromatic rings. The van der Waals surface area contributed by atoms with Gasteiger partial charge < -0.3 is 25.7 Å². The van der Waals surface area contributed by atoms with E-state index in [1.165, 1.54) is 18.6 Å². The third-order valence-corrected chi connectivity index (χ3v) is 13.9. The van der Waals surface area contributed by atoms with E-state index in [0.29, 0.717) is 43.7 Å². The lowest BCUT2D eigenvalue weighted by Gasteiger charge is -2.09. The van der Waals surface area contributed by atoms with Gasteiger partial charge in [-0.3, -0.25) is 14.4 Å². The highest BCUT2D eigenvalue weighted by Gasteiger charge is 2.23. The van der Waals surface area contributed by atoms with Crippen LogP contribution in [-0.4, -0.2) is 66.9 Å². The Kier molecular flexibility index (Phi) is 13.4. The van der Waals surface area contributed by atoms with Crippen molar-refractivity contribution in [2.75, 3.05) is 18.8 Å². The minimum Gasteiger partial charge on any atom is -0.481 e. The van der Waals surface area contributed by atoms with Crippen molar-refractivity contribution in [3.8, 4) is 0 Å². The first-order valence-corrected chi connectivity index (χ1v) is 21.8. The molecule has 0 aliphatic carbocycles. The molecular weight excluding hydrogens is 741 g/mol. The molecule has 10 nitrogen and oxygen atoms in total. The second kappa shape index (κ2) is 18.4. The highest BCUT2D eigenvalue weighted by atomic mass is 33.1. The van der Waals surface area contributed by atoms with E-state index in [4.69, 9.17) is 9.97 Å². The fourth-order valence-corrected chi connectivity index (χ4v) is 10.6. The molecule has 1 saturated heterocycles. The Hall–Kier alpha value is -4.81. The zero-order chi connectivity index (χ0) is 39.9. The van der Waals surface area contributed by atoms with Crippen LogP contribution in [0.5, 0.6) is 0 Å². The molecule has 2 amide bonds. The number of amides is 2. The second-order valence-electron chi connectivity index (χ2n) is 14.6. The maximum absolute atomic E-state index is 13.1. The van der Waals surface area contributed by atoms with E-state index in [9.17, 15) is 19.5 Å². The first kappa shape index (κ1) is 40.8. The topological polar surface area (TPSA) is 153 Å². The average molecular weight is 793 g/mol. The number of unbranched alkanes of at least 4 members (excludes halogenated alkanes) is 1. The van der Waals surface area contributed by atoms with Gasteiger partial charge in [-0.25, -0.2) is 9.97 Å². The Morgan fingerprint density at radius 1 is 0.750 bits per heavy atom. The van der Waals surface area contributed by atoms with Crippen LogP contribution in [-0.2, 0) is 14.4 Å². The van der Waals surface area contributed by atoms with E-state index >= 15 is 0 Å². The summed E-state index contributed by atoms with van der Waals surface area (Å²) in [5.74, 6) is 0.253. The maximum atomic E-state index is 13.1. The number of rotatable bonds is 16. The third-order valence-electron chi connectivity index (χ3n) is 10.9. The van der Waals surface area contributed by atoms with Crippen molar-refractivity contribution in [1.29, 1.82) is 0 Å². The quantitative estimate of drug-likeness (QED) is 0.0710. The van der Waals surface area contributed by atoms with Gasteiger partial charge in [-0.05, 0) is 117 Å². The minimum absolute atomic E-state index is 0.0213. The van der Waals surface area contributed by atoms with Gasteiger partial charge >= 0.3 is 5.97 Å². The van der Waals surface area contributed by atoms with E-state index in [1.807, 2.05) is 65.8 Å². The first-order chi connectivity index (χ1) is 27.0. The summed E-state index contributed by atoms with van der Waals surface area (Å²) in [6, 6.07) is 8.05. The number of H-pyrrole nitrogens is 2. The highest BCUT2D eigenvalue weighted by molar-refractivity contribution is 8.77. The molecule has 0 radical (unpaired) electrons. The lowest BCUT2D eigenvalue weighted by atomic mass is 9.98. The fraction of sp³-hybridized carbons (Fsp3) is 0.386. The number of fused-ring (bicyclic) bond motifs is 8. The van der Waals surface area contributed by atoms with Crippen LogP contribution in [0.3, 0.4) is 0 Å². The number of carboxylic acids is 1. The molecule has 6 rings (SSSR count). The molecule has 1 fully saturated rings. The van der Waals surface area contributed by atoms with Crippen molar-refractivity contribution in [2.45, 2.75) is 90.7 Å². The number of carbonyl (C=O) groups is 3. The number of aliphatic carboxylic acids is 1. The number of nitrogens with one attached hydrogen (secondary N) is 4. The molecule has 3 aliphatic rings. The zero-order valence-corrected chi connectivity index (χ0v) is 34.5. The number of carboxylic acid groups (broad SMARTS) is 1. The number of hydrogen-bond acceptors (Lipinski definition) is 7. The van der Waals surface area contributed by atoms with Gasteiger partial charge in [-0.2, -0.15) is 0 Å². The molecular formula is C44H52N6O4S2. The maximum Gasteiger partial charge on any atom is 0.303 e. The van der Waals surface area contributed by atoms with Gasteiger partial charge in [-0.1, -0.05) is 53.3 Å². The third kappa shape index (κ3) is 9.41. The molecule has 3 aromatic heterocycles. The summed E-state index contributed by atoms with van der Waals surface area (Å²) in [6.07, 6.45) is 9.52. The predicted molar refractivity (Wildman–Crippen MR) is 235 cm³/mol. The molecule has 0 saturated carbocycles. The molecule has 8 bridgehead atoms. The molecule has 294 valence electrons. The number of allylic oxidation sites excluding steroid dienone is 4. The molecule has 6 heterocycles. The summed E-state index contributed by atoms with van der Waals surface area (Å²) in [4.78, 5) is 54.6. The number of carbonyl (C=O) groups excluding carboxylic acids is 2. The Bertz CT molecular complexity index is 2290. The van der Waals surface area contributed by atoms with Gasteiger partial charge in [0.15, 0.2) is 0 Å². The summed E-state index contributed by atoms with van der Waals surface area (Å²) in [7, 11) is 3.92. The molecule has 3 aliphatic heterocycles. The minimum atomic E-state index is -0.882. The fourth-order valence-electron chi connectivity index (χ4n) is 7.58. The molecule has 0 spiro atoms. The van der Waals surface area contributed by atoms with E-state index in [1.54, 1.807) is 0 Å². The zero-order valence-electron chi connectivity index (χ0n) is 32.8. The van der Waals surface area contributed by atoms with Crippen LogP contribution in [0.2, 0.25) is 0 Å². The van der Waals surface area contributed by atoms with Gasteiger partial charge in [0.2, 0.25) is 11.8 Å². The molecule has 5 N–H and O–H groups in total. The van der Waals surface area contributed by atoms with Crippen LogP contribution in [0.1, 0.15) is 117 Å². The predicted octanol–water partition coefficient (Wildman–Crippen LogP) is 9.67. The largest absolute Gasteiger partial charge is 0.481 e. The van der Waals surface area contributed by atoms with Crippen LogP contribution in [0.4, 0.5) is 0 Å². The monoisotopic (exact) mass is 792 g/mol. The standard InChI is InChI=1S/C44H52N6O4S2/c1-7-30-25(3)34-21-35-27(5)32(13-15-43(52)46-19-18-45-42(51)12-10-9-11-29-17-20-55-56-29)40(49-35)24-41-33(14-16-44(53)54)28(6)37(50-41)23-39-31(8-2)26(4)36(48-39)22-38(30)47-34/h7-8,21-24,29,47-48H,1-2,9-20H2,3-6H3,(H,45,51)(H,46,52)(H,53,54). The van der Waals surface area contributed by atoms with Crippen molar-refractivity contribution in [2.24, 2.45) is 0 Å². The van der Waals surface area contributed by atoms with Crippen LogP contribution in [0.25, 0.3) is 56.5 Å². The smallest absolute Gasteiger partial charge is 0.303 e. The number of aromatic amines is 2. The Labute approximate surface area is 336 Å². The summed E-state index contributed by atoms with van der Waals surface area (Å²) in [6.45, 7) is 17.0. The van der Waals surface area contributed by atoms with Gasteiger partial charge in [0, 0.05) is 76.5 Å². The number of nitrogens with zero attached hydrogens (tertiary/aromatic N) is 2.